The van der Waals surface area contributed by atoms with Gasteiger partial charge in [0.15, 0.2) is 6.10 Å². The molecule has 1 aromatic carbocycles. The van der Waals surface area contributed by atoms with Crippen LogP contribution in [0.2, 0.25) is 0 Å². The highest BCUT2D eigenvalue weighted by molar-refractivity contribution is 5.76. The van der Waals surface area contributed by atoms with Gasteiger partial charge >= 0.3 is 5.97 Å². The van der Waals surface area contributed by atoms with Crippen molar-refractivity contribution >= 4 is 5.97 Å². The normalized spacial score (nSPS) is 12.2. The largest absolute Gasteiger partial charge is 0.467 e. The lowest BCUT2D eigenvalue weighted by molar-refractivity contribution is -0.150. The van der Waals surface area contributed by atoms with Crippen LogP contribution >= 0.6 is 0 Å². The van der Waals surface area contributed by atoms with Crippen molar-refractivity contribution in [3.8, 4) is 0 Å². The summed E-state index contributed by atoms with van der Waals surface area (Å²) in [5, 5.41) is 9.56. The van der Waals surface area contributed by atoms with E-state index in [1.807, 2.05) is 12.1 Å². The maximum Gasteiger partial charge on any atom is 0.339 e. The topological polar surface area (TPSA) is 55.8 Å². The van der Waals surface area contributed by atoms with E-state index in [0.717, 1.165) is 12.0 Å². The molecular formula is C12H16O4. The van der Waals surface area contributed by atoms with Crippen LogP contribution in [0.4, 0.5) is 0 Å². The first-order valence-electron chi connectivity index (χ1n) is 5.02. The van der Waals surface area contributed by atoms with Crippen LogP contribution in [0, 0.1) is 0 Å². The fraction of sp³-hybridized carbons (Fsp3) is 0.417. The number of aliphatic hydroxyl groups is 1. The van der Waals surface area contributed by atoms with E-state index in [2.05, 4.69) is 4.74 Å². The Morgan fingerprint density at radius 2 is 1.94 bits per heavy atom. The first-order chi connectivity index (χ1) is 7.69. The first-order valence-corrected chi connectivity index (χ1v) is 5.02. The van der Waals surface area contributed by atoms with Crippen molar-refractivity contribution in [3.63, 3.8) is 0 Å². The number of carbonyl (C=O) groups is 1. The predicted octanol–water partition coefficient (Wildman–Crippen LogP) is 1.08. The van der Waals surface area contributed by atoms with Gasteiger partial charge in [0, 0.05) is 7.11 Å². The lowest BCUT2D eigenvalue weighted by Crippen LogP contribution is -2.13. The fourth-order valence-electron chi connectivity index (χ4n) is 1.33. The molecule has 1 atom stereocenters. The maximum atomic E-state index is 11.1. The Hall–Kier alpha value is -1.39. The van der Waals surface area contributed by atoms with E-state index in [4.69, 9.17) is 4.74 Å². The zero-order valence-corrected chi connectivity index (χ0v) is 9.47. The molecule has 0 amide bonds. The van der Waals surface area contributed by atoms with Crippen LogP contribution in [0.25, 0.3) is 0 Å². The number of aliphatic hydroxyl groups excluding tert-OH is 1. The zero-order chi connectivity index (χ0) is 12.0. The minimum absolute atomic E-state index is 0.535. The average Bonchev–Trinajstić information content (AvgIpc) is 2.35. The Morgan fingerprint density at radius 1 is 1.31 bits per heavy atom. The van der Waals surface area contributed by atoms with Crippen LogP contribution in [0.15, 0.2) is 24.3 Å². The molecule has 4 nitrogen and oxygen atoms in total. The van der Waals surface area contributed by atoms with Crippen LogP contribution in [0.3, 0.4) is 0 Å². The van der Waals surface area contributed by atoms with Crippen molar-refractivity contribution in [1.29, 1.82) is 0 Å². The van der Waals surface area contributed by atoms with E-state index < -0.39 is 12.1 Å². The molecule has 88 valence electrons. The smallest absolute Gasteiger partial charge is 0.339 e. The summed E-state index contributed by atoms with van der Waals surface area (Å²) in [6.07, 6.45) is -0.396. The van der Waals surface area contributed by atoms with E-state index in [-0.39, 0.29) is 0 Å². The first kappa shape index (κ1) is 12.7. The van der Waals surface area contributed by atoms with Gasteiger partial charge < -0.3 is 14.6 Å². The number of hydrogen-bond acceptors (Lipinski definition) is 4. The second kappa shape index (κ2) is 6.25. The number of benzene rings is 1. The lowest BCUT2D eigenvalue weighted by atomic mass is 10.1. The Bertz CT molecular complexity index is 331. The van der Waals surface area contributed by atoms with Crippen molar-refractivity contribution < 1.29 is 19.4 Å². The summed E-state index contributed by atoms with van der Waals surface area (Å²) in [7, 11) is 2.90. The number of esters is 1. The molecule has 1 aromatic rings. The van der Waals surface area contributed by atoms with Gasteiger partial charge in [-0.15, -0.1) is 0 Å². The quantitative estimate of drug-likeness (QED) is 0.760. The van der Waals surface area contributed by atoms with Gasteiger partial charge in [-0.1, -0.05) is 24.3 Å². The van der Waals surface area contributed by atoms with Gasteiger partial charge in [-0.3, -0.25) is 0 Å². The molecule has 0 saturated carbocycles. The number of ether oxygens (including phenoxy) is 2. The molecule has 0 heterocycles. The third-order valence-electron chi connectivity index (χ3n) is 2.31. The van der Waals surface area contributed by atoms with Crippen LogP contribution in [-0.4, -0.2) is 31.9 Å². The van der Waals surface area contributed by atoms with Gasteiger partial charge in [0.05, 0.1) is 13.7 Å². The fourth-order valence-corrected chi connectivity index (χ4v) is 1.33. The lowest BCUT2D eigenvalue weighted by Gasteiger charge is -2.09. The highest BCUT2D eigenvalue weighted by atomic mass is 16.5. The summed E-state index contributed by atoms with van der Waals surface area (Å²) in [6, 6.07) is 7.15. The SMILES string of the molecule is COCCc1ccc(C(O)C(=O)OC)cc1. The monoisotopic (exact) mass is 224 g/mol. The van der Waals surface area contributed by atoms with Crippen molar-refractivity contribution in [3.05, 3.63) is 35.4 Å². The van der Waals surface area contributed by atoms with E-state index in [1.165, 1.54) is 7.11 Å². The molecule has 0 radical (unpaired) electrons. The second-order valence-corrected chi connectivity index (χ2v) is 3.41. The summed E-state index contributed by atoms with van der Waals surface area (Å²) < 4.78 is 9.41. The van der Waals surface area contributed by atoms with Gasteiger partial charge in [0.1, 0.15) is 0 Å². The van der Waals surface area contributed by atoms with E-state index in [0.29, 0.717) is 12.2 Å². The molecule has 4 heteroatoms. The molecule has 1 unspecified atom stereocenters. The van der Waals surface area contributed by atoms with Gasteiger partial charge in [0.25, 0.3) is 0 Å². The molecular weight excluding hydrogens is 208 g/mol. The Morgan fingerprint density at radius 3 is 2.44 bits per heavy atom. The zero-order valence-electron chi connectivity index (χ0n) is 9.47. The molecule has 0 bridgehead atoms. The molecule has 0 aliphatic rings. The highest BCUT2D eigenvalue weighted by Gasteiger charge is 2.17. The van der Waals surface area contributed by atoms with E-state index >= 15 is 0 Å². The van der Waals surface area contributed by atoms with E-state index in [9.17, 15) is 9.90 Å². The molecule has 1 N–H and O–H groups in total. The molecule has 0 saturated heterocycles. The Balaban J connectivity index is 2.67. The minimum Gasteiger partial charge on any atom is -0.467 e. The van der Waals surface area contributed by atoms with Crippen LogP contribution in [0.1, 0.15) is 17.2 Å². The summed E-state index contributed by atoms with van der Waals surface area (Å²) in [6.45, 7) is 0.652. The number of carbonyl (C=O) groups excluding carboxylic acids is 1. The van der Waals surface area contributed by atoms with Crippen molar-refractivity contribution in [2.75, 3.05) is 20.8 Å². The van der Waals surface area contributed by atoms with Gasteiger partial charge in [-0.25, -0.2) is 4.79 Å². The van der Waals surface area contributed by atoms with E-state index in [1.54, 1.807) is 19.2 Å². The summed E-state index contributed by atoms with van der Waals surface area (Å²) in [5.41, 5.74) is 1.63. The summed E-state index contributed by atoms with van der Waals surface area (Å²) in [5.74, 6) is -0.648. The maximum absolute atomic E-state index is 11.1. The molecule has 0 spiro atoms. The van der Waals surface area contributed by atoms with Crippen LogP contribution in [-0.2, 0) is 20.7 Å². The van der Waals surface area contributed by atoms with Gasteiger partial charge in [-0.2, -0.15) is 0 Å². The highest BCUT2D eigenvalue weighted by Crippen LogP contribution is 2.15. The Labute approximate surface area is 94.8 Å². The van der Waals surface area contributed by atoms with Gasteiger partial charge in [-0.05, 0) is 17.5 Å². The van der Waals surface area contributed by atoms with Gasteiger partial charge in [0.2, 0.25) is 0 Å². The third-order valence-corrected chi connectivity index (χ3v) is 2.31. The second-order valence-electron chi connectivity index (χ2n) is 3.41. The predicted molar refractivity (Wildman–Crippen MR) is 59.0 cm³/mol. The van der Waals surface area contributed by atoms with Crippen LogP contribution in [0.5, 0.6) is 0 Å². The molecule has 0 aliphatic heterocycles. The molecule has 16 heavy (non-hydrogen) atoms. The minimum atomic E-state index is -1.21. The van der Waals surface area contributed by atoms with Crippen LogP contribution < -0.4 is 0 Å². The summed E-state index contributed by atoms with van der Waals surface area (Å²) in [4.78, 5) is 11.1. The average molecular weight is 224 g/mol. The number of methoxy groups -OCH3 is 2. The van der Waals surface area contributed by atoms with Crippen molar-refractivity contribution in [2.45, 2.75) is 12.5 Å². The third kappa shape index (κ3) is 3.32. The number of hydrogen-bond donors (Lipinski definition) is 1. The Kier molecular flexibility index (Phi) is 4.95. The standard InChI is InChI=1S/C12H16O4/c1-15-8-7-9-3-5-10(6-4-9)11(13)12(14)16-2/h3-6,11,13H,7-8H2,1-2H3. The summed E-state index contributed by atoms with van der Waals surface area (Å²) >= 11 is 0. The molecule has 1 rings (SSSR count). The van der Waals surface area contributed by atoms with Crippen molar-refractivity contribution in [2.24, 2.45) is 0 Å². The number of rotatable bonds is 5. The molecule has 0 aliphatic carbocycles. The van der Waals surface area contributed by atoms with Crippen molar-refractivity contribution in [1.82, 2.24) is 0 Å². The molecule has 0 aromatic heterocycles. The molecule has 0 fully saturated rings.